The van der Waals surface area contributed by atoms with Crippen LogP contribution in [-0.4, -0.2) is 47.6 Å². The average Bonchev–Trinajstić information content (AvgIpc) is 2.55. The molecule has 1 aromatic carbocycles. The van der Waals surface area contributed by atoms with E-state index in [0.717, 1.165) is 0 Å². The Balaban J connectivity index is 1.81. The molecule has 138 valence electrons. The van der Waals surface area contributed by atoms with Gasteiger partial charge in [0.05, 0.1) is 10.7 Å². The first-order valence-corrected chi connectivity index (χ1v) is 10.1. The van der Waals surface area contributed by atoms with E-state index in [4.69, 9.17) is 12.2 Å². The van der Waals surface area contributed by atoms with Crippen LogP contribution in [0.5, 0.6) is 0 Å². The van der Waals surface area contributed by atoms with E-state index in [2.05, 4.69) is 10.6 Å². The molecule has 1 saturated heterocycles. The molecule has 0 saturated carbocycles. The third kappa shape index (κ3) is 5.62. The van der Waals surface area contributed by atoms with Crippen molar-refractivity contribution >= 4 is 38.7 Å². The maximum Gasteiger partial charge on any atom is 0.269 e. The fourth-order valence-electron chi connectivity index (χ4n) is 2.68. The van der Waals surface area contributed by atoms with Gasteiger partial charge in [0.15, 0.2) is 5.11 Å². The van der Waals surface area contributed by atoms with Gasteiger partial charge in [-0.05, 0) is 43.6 Å². The quantitative estimate of drug-likeness (QED) is 0.438. The van der Waals surface area contributed by atoms with E-state index >= 15 is 0 Å². The first kappa shape index (κ1) is 19.5. The van der Waals surface area contributed by atoms with Gasteiger partial charge in [0, 0.05) is 37.0 Å². The van der Waals surface area contributed by atoms with Gasteiger partial charge in [-0.3, -0.25) is 10.1 Å². The van der Waals surface area contributed by atoms with Gasteiger partial charge in [-0.25, -0.2) is 12.7 Å². The standard InChI is InChI=1S/C15H22N4O4S2/c1-2-11-25(22,23)18-9-7-13(8-10-18)17-15(24)16-12-3-5-14(6-4-12)19(20)21/h3-6,13H,2,7-11H2,1H3,(H2,16,17,24). The minimum absolute atomic E-state index is 0.0186. The van der Waals surface area contributed by atoms with Crippen LogP contribution in [0.2, 0.25) is 0 Å². The lowest BCUT2D eigenvalue weighted by atomic mass is 10.1. The molecular weight excluding hydrogens is 364 g/mol. The van der Waals surface area contributed by atoms with Gasteiger partial charge < -0.3 is 10.6 Å². The molecule has 10 heteroatoms. The van der Waals surface area contributed by atoms with E-state index in [1.54, 1.807) is 16.4 Å². The van der Waals surface area contributed by atoms with Gasteiger partial charge >= 0.3 is 0 Å². The maximum absolute atomic E-state index is 12.1. The molecule has 0 bridgehead atoms. The normalized spacial score (nSPS) is 16.4. The van der Waals surface area contributed by atoms with Gasteiger partial charge in [0.2, 0.25) is 10.0 Å². The highest BCUT2D eigenvalue weighted by Crippen LogP contribution is 2.17. The van der Waals surface area contributed by atoms with Crippen molar-refractivity contribution in [2.45, 2.75) is 32.2 Å². The summed E-state index contributed by atoms with van der Waals surface area (Å²) in [5.74, 6) is 0.186. The number of non-ortho nitro benzene ring substituents is 1. The Morgan fingerprint density at radius 2 is 1.92 bits per heavy atom. The summed E-state index contributed by atoms with van der Waals surface area (Å²) in [6.45, 7) is 2.83. The molecular formula is C15H22N4O4S2. The zero-order valence-corrected chi connectivity index (χ0v) is 15.6. The Kier molecular flexibility index (Phi) is 6.68. The number of thiocarbonyl (C=S) groups is 1. The van der Waals surface area contributed by atoms with Crippen molar-refractivity contribution in [2.75, 3.05) is 24.2 Å². The number of benzene rings is 1. The second-order valence-electron chi connectivity index (χ2n) is 5.89. The number of sulfonamides is 1. The van der Waals surface area contributed by atoms with Gasteiger partial charge in [-0.15, -0.1) is 0 Å². The van der Waals surface area contributed by atoms with E-state index in [1.807, 2.05) is 6.92 Å². The van der Waals surface area contributed by atoms with Crippen LogP contribution in [0.3, 0.4) is 0 Å². The number of nitro groups is 1. The molecule has 0 aliphatic carbocycles. The van der Waals surface area contributed by atoms with E-state index in [1.165, 1.54) is 12.1 Å². The molecule has 1 heterocycles. The molecule has 0 aromatic heterocycles. The molecule has 0 unspecified atom stereocenters. The molecule has 2 N–H and O–H groups in total. The van der Waals surface area contributed by atoms with Crippen LogP contribution in [0.25, 0.3) is 0 Å². The lowest BCUT2D eigenvalue weighted by Gasteiger charge is -2.32. The van der Waals surface area contributed by atoms with Crippen molar-refractivity contribution in [2.24, 2.45) is 0 Å². The second kappa shape index (κ2) is 8.54. The predicted molar refractivity (Wildman–Crippen MR) is 101 cm³/mol. The zero-order valence-electron chi connectivity index (χ0n) is 14.0. The minimum atomic E-state index is -3.14. The summed E-state index contributed by atoms with van der Waals surface area (Å²) in [5.41, 5.74) is 0.677. The number of hydrogen-bond donors (Lipinski definition) is 2. The Bertz CT molecular complexity index is 714. The first-order chi connectivity index (χ1) is 11.8. The van der Waals surface area contributed by atoms with Crippen molar-refractivity contribution in [3.63, 3.8) is 0 Å². The van der Waals surface area contributed by atoms with Gasteiger partial charge in [-0.2, -0.15) is 0 Å². The third-order valence-corrected chi connectivity index (χ3v) is 6.28. The summed E-state index contributed by atoms with van der Waals surface area (Å²) in [5, 5.41) is 17.2. The van der Waals surface area contributed by atoms with Crippen molar-refractivity contribution in [1.82, 2.24) is 9.62 Å². The topological polar surface area (TPSA) is 105 Å². The van der Waals surface area contributed by atoms with Gasteiger partial charge in [-0.1, -0.05) is 6.92 Å². The molecule has 1 aliphatic heterocycles. The Morgan fingerprint density at radius 1 is 1.32 bits per heavy atom. The number of anilines is 1. The van der Waals surface area contributed by atoms with Crippen LogP contribution in [-0.2, 0) is 10.0 Å². The highest BCUT2D eigenvalue weighted by molar-refractivity contribution is 7.89. The molecule has 0 atom stereocenters. The fourth-order valence-corrected chi connectivity index (χ4v) is 4.51. The summed E-state index contributed by atoms with van der Waals surface area (Å²) in [6, 6.07) is 6.09. The van der Waals surface area contributed by atoms with Gasteiger partial charge in [0.25, 0.3) is 5.69 Å². The number of hydrogen-bond acceptors (Lipinski definition) is 5. The van der Waals surface area contributed by atoms with Crippen LogP contribution in [0.1, 0.15) is 26.2 Å². The van der Waals surface area contributed by atoms with Crippen LogP contribution >= 0.6 is 12.2 Å². The SMILES string of the molecule is CCCS(=O)(=O)N1CCC(NC(=S)Nc2ccc([N+](=O)[O-])cc2)CC1. The molecule has 1 aromatic rings. The van der Waals surface area contributed by atoms with E-state index < -0.39 is 14.9 Å². The van der Waals surface area contributed by atoms with Crippen LogP contribution in [0.15, 0.2) is 24.3 Å². The molecule has 25 heavy (non-hydrogen) atoms. The Morgan fingerprint density at radius 3 is 2.44 bits per heavy atom. The zero-order chi connectivity index (χ0) is 18.4. The number of nitro benzene ring substituents is 1. The predicted octanol–water partition coefficient (Wildman–Crippen LogP) is 2.09. The smallest absolute Gasteiger partial charge is 0.269 e. The average molecular weight is 386 g/mol. The first-order valence-electron chi connectivity index (χ1n) is 8.11. The lowest BCUT2D eigenvalue weighted by molar-refractivity contribution is -0.384. The summed E-state index contributed by atoms with van der Waals surface area (Å²) in [6.07, 6.45) is 1.99. The molecule has 2 rings (SSSR count). The third-order valence-electron chi connectivity index (χ3n) is 3.98. The van der Waals surface area contributed by atoms with Crippen molar-refractivity contribution in [3.05, 3.63) is 34.4 Å². The Labute approximate surface area is 152 Å². The summed E-state index contributed by atoms with van der Waals surface area (Å²) >= 11 is 5.26. The fraction of sp³-hybridized carbons (Fsp3) is 0.533. The monoisotopic (exact) mass is 386 g/mol. The summed E-state index contributed by atoms with van der Waals surface area (Å²) in [7, 11) is -3.14. The van der Waals surface area contributed by atoms with E-state index in [9.17, 15) is 18.5 Å². The molecule has 1 fully saturated rings. The highest BCUT2D eigenvalue weighted by atomic mass is 32.2. The second-order valence-corrected chi connectivity index (χ2v) is 8.39. The summed E-state index contributed by atoms with van der Waals surface area (Å²) in [4.78, 5) is 10.2. The lowest BCUT2D eigenvalue weighted by Crippen LogP contribution is -2.47. The number of nitrogens with one attached hydrogen (secondary N) is 2. The van der Waals surface area contributed by atoms with E-state index in [0.29, 0.717) is 43.2 Å². The molecule has 0 radical (unpaired) electrons. The van der Waals surface area contributed by atoms with E-state index in [-0.39, 0.29) is 17.5 Å². The van der Waals surface area contributed by atoms with Crippen molar-refractivity contribution < 1.29 is 13.3 Å². The summed E-state index contributed by atoms with van der Waals surface area (Å²) < 4.78 is 25.6. The van der Waals surface area contributed by atoms with Gasteiger partial charge in [0.1, 0.15) is 0 Å². The minimum Gasteiger partial charge on any atom is -0.360 e. The number of piperidine rings is 1. The van der Waals surface area contributed by atoms with Crippen LogP contribution in [0, 0.1) is 10.1 Å². The number of rotatable bonds is 6. The van der Waals surface area contributed by atoms with Crippen LogP contribution < -0.4 is 10.6 Å². The molecule has 1 aliphatic rings. The highest BCUT2D eigenvalue weighted by Gasteiger charge is 2.27. The number of nitrogens with zero attached hydrogens (tertiary/aromatic N) is 2. The van der Waals surface area contributed by atoms with Crippen molar-refractivity contribution in [3.8, 4) is 0 Å². The Hall–Kier alpha value is -1.78. The maximum atomic E-state index is 12.1. The molecule has 8 nitrogen and oxygen atoms in total. The molecule has 0 amide bonds. The van der Waals surface area contributed by atoms with Crippen molar-refractivity contribution in [1.29, 1.82) is 0 Å². The largest absolute Gasteiger partial charge is 0.360 e. The molecule has 0 spiro atoms. The van der Waals surface area contributed by atoms with Crippen LogP contribution in [0.4, 0.5) is 11.4 Å².